The van der Waals surface area contributed by atoms with Gasteiger partial charge >= 0.3 is 0 Å². The number of aromatic amines is 1. The van der Waals surface area contributed by atoms with Crippen molar-refractivity contribution in [1.29, 1.82) is 0 Å². The molecule has 4 rings (SSSR count). The van der Waals surface area contributed by atoms with E-state index in [4.69, 9.17) is 0 Å². The second-order valence-electron chi connectivity index (χ2n) is 7.35. The highest BCUT2D eigenvalue weighted by atomic mass is 16.3. The van der Waals surface area contributed by atoms with Crippen LogP contribution in [0.1, 0.15) is 30.9 Å². The summed E-state index contributed by atoms with van der Waals surface area (Å²) in [6.07, 6.45) is 6.94. The maximum atomic E-state index is 12.7. The molecule has 0 saturated heterocycles. The molecule has 1 aliphatic heterocycles. The fourth-order valence-electron chi connectivity index (χ4n) is 4.39. The molecule has 1 aromatic heterocycles. The lowest BCUT2D eigenvalue weighted by Crippen LogP contribution is -2.49. The molecule has 26 heavy (non-hydrogen) atoms. The van der Waals surface area contributed by atoms with Crippen molar-refractivity contribution >= 4 is 22.4 Å². The monoisotopic (exact) mass is 353 g/mol. The molecule has 1 aromatic carbocycles. The molecule has 2 atom stereocenters. The van der Waals surface area contributed by atoms with Gasteiger partial charge < -0.3 is 15.4 Å². The number of hydrogen-bond donors (Lipinski definition) is 3. The number of aromatic nitrogens is 1. The Labute approximate surface area is 154 Å². The van der Waals surface area contributed by atoms with Gasteiger partial charge in [0.2, 0.25) is 5.91 Å². The molecule has 0 saturated carbocycles. The van der Waals surface area contributed by atoms with Crippen LogP contribution in [-0.4, -0.2) is 53.2 Å². The maximum absolute atomic E-state index is 12.7. The fraction of sp³-hybridized carbons (Fsp3) is 0.476. The van der Waals surface area contributed by atoms with Crippen molar-refractivity contribution in [2.75, 3.05) is 26.2 Å². The number of rotatable bonds is 6. The highest BCUT2D eigenvalue weighted by molar-refractivity contribution is 5.99. The Kier molecular flexibility index (Phi) is 4.83. The third kappa shape index (κ3) is 2.95. The molecule has 2 aromatic rings. The highest BCUT2D eigenvalue weighted by Crippen LogP contribution is 2.41. The Morgan fingerprint density at radius 3 is 3.12 bits per heavy atom. The van der Waals surface area contributed by atoms with Crippen molar-refractivity contribution in [3.05, 3.63) is 41.6 Å². The molecular weight excluding hydrogens is 326 g/mol. The number of aliphatic hydroxyl groups is 1. The van der Waals surface area contributed by atoms with Crippen LogP contribution in [0.25, 0.3) is 16.5 Å². The van der Waals surface area contributed by atoms with E-state index in [-0.39, 0.29) is 24.5 Å². The predicted molar refractivity (Wildman–Crippen MR) is 104 cm³/mol. The van der Waals surface area contributed by atoms with Gasteiger partial charge in [0.15, 0.2) is 0 Å². The molecular formula is C21H27N3O2. The first-order valence-corrected chi connectivity index (χ1v) is 9.66. The van der Waals surface area contributed by atoms with E-state index in [0.29, 0.717) is 0 Å². The van der Waals surface area contributed by atoms with Crippen LogP contribution in [0.2, 0.25) is 0 Å². The van der Waals surface area contributed by atoms with Gasteiger partial charge in [0.1, 0.15) is 0 Å². The van der Waals surface area contributed by atoms with Crippen molar-refractivity contribution in [2.24, 2.45) is 5.92 Å². The Morgan fingerprint density at radius 1 is 1.42 bits per heavy atom. The van der Waals surface area contributed by atoms with Gasteiger partial charge in [0, 0.05) is 49.4 Å². The summed E-state index contributed by atoms with van der Waals surface area (Å²) in [5.41, 5.74) is 5.03. The van der Waals surface area contributed by atoms with Crippen LogP contribution in [-0.2, 0) is 11.2 Å². The molecule has 2 unspecified atom stereocenters. The number of carbonyl (C=O) groups is 1. The molecule has 2 aliphatic rings. The summed E-state index contributed by atoms with van der Waals surface area (Å²) in [4.78, 5) is 18.4. The third-order valence-corrected chi connectivity index (χ3v) is 5.61. The van der Waals surface area contributed by atoms with Gasteiger partial charge in [-0.25, -0.2) is 0 Å². The summed E-state index contributed by atoms with van der Waals surface area (Å²) in [5.74, 6) is -0.0268. The van der Waals surface area contributed by atoms with Crippen molar-refractivity contribution in [1.82, 2.24) is 15.2 Å². The number of amides is 1. The first-order chi connectivity index (χ1) is 12.7. The zero-order chi connectivity index (χ0) is 18.1. The second kappa shape index (κ2) is 7.25. The topological polar surface area (TPSA) is 68.4 Å². The summed E-state index contributed by atoms with van der Waals surface area (Å²) in [5, 5.41) is 13.7. The van der Waals surface area contributed by atoms with Gasteiger partial charge in [-0.05, 0) is 42.0 Å². The molecule has 0 bridgehead atoms. The van der Waals surface area contributed by atoms with Gasteiger partial charge in [-0.1, -0.05) is 25.1 Å². The van der Waals surface area contributed by atoms with Crippen molar-refractivity contribution in [3.8, 4) is 0 Å². The third-order valence-electron chi connectivity index (χ3n) is 5.61. The highest BCUT2D eigenvalue weighted by Gasteiger charge is 2.36. The zero-order valence-electron chi connectivity index (χ0n) is 15.3. The Hall–Kier alpha value is -2.11. The number of benzene rings is 1. The van der Waals surface area contributed by atoms with Crippen LogP contribution in [0, 0.1) is 5.92 Å². The first-order valence-electron chi connectivity index (χ1n) is 9.66. The van der Waals surface area contributed by atoms with Crippen LogP contribution in [0.5, 0.6) is 0 Å². The van der Waals surface area contributed by atoms with Crippen molar-refractivity contribution < 1.29 is 9.90 Å². The predicted octanol–water partition coefficient (Wildman–Crippen LogP) is 2.32. The standard InChI is InChI=1S/C21H27N3O2/c1-2-7-22-21(26)15-10-17-16-5-3-6-18-20(16)14(12-23-18)11-19(17)24(13-15)8-4-9-25/h3,5-6,10,12,15,19,23,25H,2,4,7-9,11,13H2,1H3,(H,22,26). The number of H-pyrrole nitrogens is 1. The molecule has 0 spiro atoms. The van der Waals surface area contributed by atoms with Gasteiger partial charge in [-0.2, -0.15) is 0 Å². The summed E-state index contributed by atoms with van der Waals surface area (Å²) >= 11 is 0. The van der Waals surface area contributed by atoms with E-state index in [1.165, 1.54) is 22.1 Å². The normalized spacial score (nSPS) is 22.2. The summed E-state index contributed by atoms with van der Waals surface area (Å²) in [7, 11) is 0. The average Bonchev–Trinajstić information content (AvgIpc) is 3.08. The van der Waals surface area contributed by atoms with Crippen LogP contribution in [0.4, 0.5) is 0 Å². The van der Waals surface area contributed by atoms with Crippen LogP contribution < -0.4 is 5.32 Å². The fourth-order valence-corrected chi connectivity index (χ4v) is 4.39. The van der Waals surface area contributed by atoms with E-state index in [9.17, 15) is 9.90 Å². The summed E-state index contributed by atoms with van der Waals surface area (Å²) in [6.45, 7) is 4.50. The summed E-state index contributed by atoms with van der Waals surface area (Å²) in [6, 6.07) is 6.65. The largest absolute Gasteiger partial charge is 0.396 e. The van der Waals surface area contributed by atoms with Gasteiger partial charge in [0.05, 0.1) is 5.92 Å². The number of carbonyl (C=O) groups excluding carboxylic acids is 1. The summed E-state index contributed by atoms with van der Waals surface area (Å²) < 4.78 is 0. The molecule has 0 radical (unpaired) electrons. The van der Waals surface area contributed by atoms with E-state index in [2.05, 4.69) is 52.6 Å². The minimum absolute atomic E-state index is 0.110. The molecule has 2 heterocycles. The van der Waals surface area contributed by atoms with Crippen molar-refractivity contribution in [2.45, 2.75) is 32.2 Å². The minimum atomic E-state index is -0.137. The first kappa shape index (κ1) is 17.3. The van der Waals surface area contributed by atoms with Gasteiger partial charge in [-0.3, -0.25) is 9.69 Å². The number of nitrogens with one attached hydrogen (secondary N) is 2. The molecule has 138 valence electrons. The van der Waals surface area contributed by atoms with E-state index in [1.807, 2.05) is 0 Å². The quantitative estimate of drug-likeness (QED) is 0.746. The Morgan fingerprint density at radius 2 is 2.31 bits per heavy atom. The lowest BCUT2D eigenvalue weighted by atomic mass is 9.79. The van der Waals surface area contributed by atoms with E-state index in [0.717, 1.165) is 44.4 Å². The molecule has 5 heteroatoms. The molecule has 1 aliphatic carbocycles. The number of fused-ring (bicyclic) bond motifs is 2. The van der Waals surface area contributed by atoms with Gasteiger partial charge in [-0.15, -0.1) is 0 Å². The SMILES string of the molecule is CCCNC(=O)C1C=C2c3cccc4[nH]cc(c34)CC2N(CCCO)C1. The second-order valence-corrected chi connectivity index (χ2v) is 7.35. The number of aliphatic hydroxyl groups excluding tert-OH is 1. The Bertz CT molecular complexity index is 839. The lowest BCUT2D eigenvalue weighted by molar-refractivity contribution is -0.124. The van der Waals surface area contributed by atoms with Crippen LogP contribution in [0.3, 0.4) is 0 Å². The van der Waals surface area contributed by atoms with Crippen LogP contribution in [0.15, 0.2) is 30.5 Å². The number of nitrogens with zero attached hydrogens (tertiary/aromatic N) is 1. The zero-order valence-corrected chi connectivity index (χ0v) is 15.3. The van der Waals surface area contributed by atoms with E-state index < -0.39 is 0 Å². The lowest BCUT2D eigenvalue weighted by Gasteiger charge is -2.41. The molecule has 5 nitrogen and oxygen atoms in total. The van der Waals surface area contributed by atoms with Gasteiger partial charge in [0.25, 0.3) is 0 Å². The minimum Gasteiger partial charge on any atom is -0.396 e. The number of hydrogen-bond acceptors (Lipinski definition) is 3. The Balaban J connectivity index is 1.74. The molecule has 0 fully saturated rings. The van der Waals surface area contributed by atoms with E-state index >= 15 is 0 Å². The maximum Gasteiger partial charge on any atom is 0.228 e. The van der Waals surface area contributed by atoms with Crippen LogP contribution >= 0.6 is 0 Å². The molecule has 3 N–H and O–H groups in total. The average molecular weight is 353 g/mol. The smallest absolute Gasteiger partial charge is 0.228 e. The molecule has 1 amide bonds. The van der Waals surface area contributed by atoms with Crippen molar-refractivity contribution in [3.63, 3.8) is 0 Å². The van der Waals surface area contributed by atoms with E-state index in [1.54, 1.807) is 0 Å².